The van der Waals surface area contributed by atoms with Gasteiger partial charge in [-0.25, -0.2) is 88.7 Å². The molecule has 5 aliphatic heterocycles. The normalized spacial score (nSPS) is 15.6. The van der Waals surface area contributed by atoms with Crippen molar-refractivity contribution in [2.45, 2.75) is 300 Å². The first kappa shape index (κ1) is 120. The number of carbonyl (C=O) groups excluding carboxylic acids is 6. The van der Waals surface area contributed by atoms with Crippen LogP contribution in [0.25, 0.3) is 16.7 Å². The summed E-state index contributed by atoms with van der Waals surface area (Å²) < 4.78 is 186. The summed E-state index contributed by atoms with van der Waals surface area (Å²) in [5.74, 6) is -11.6. The summed E-state index contributed by atoms with van der Waals surface area (Å²) >= 11 is 4.94. The molecule has 3 fully saturated rings. The van der Waals surface area contributed by atoms with Crippen LogP contribution in [0.5, 0.6) is 17.2 Å². The van der Waals surface area contributed by atoms with Crippen LogP contribution in [0.4, 0.5) is 76.7 Å². The maximum absolute atomic E-state index is 14.0. The Morgan fingerprint density at radius 1 is 0.355 bits per heavy atom. The van der Waals surface area contributed by atoms with E-state index < -0.39 is 117 Å². The van der Waals surface area contributed by atoms with Gasteiger partial charge in [-0.3, -0.25) is 4.79 Å². The van der Waals surface area contributed by atoms with Crippen molar-refractivity contribution in [3.8, 4) is 17.2 Å². The number of aromatic hydroxyl groups is 3. The summed E-state index contributed by atoms with van der Waals surface area (Å²) in [4.78, 5) is 78.2. The molecule has 768 valence electrons. The molecule has 12 rings (SSSR count). The molecule has 0 radical (unpaired) electrons. The zero-order valence-electron chi connectivity index (χ0n) is 84.1. The SMILES string of the molecule is Br.CC(C)(C)OC(=O)N1CC=C(c2c(O)ccc(F)c2F)CC1.CC(C)(C)OC(=O)N1CCC(=O)CC1.CC(C)(C)OC(=O)N1CCC(c2c(O)ccc(F)c2F)CC1.CC(C)[Si](S)(C(C)C)C(C)C.Cc1ccc(F)c(F)c1.Cc1ccc(F)c(F)c1C1=CCN(C(=O)OC(C)(C)C)CC1.Cc1ccc(F)c(F)c1C1CCN(C(=O)OC(C)(C)C)CC1.Oc1ccc(F)c(F)c1C1=CCCCC1. The van der Waals surface area contributed by atoms with Crippen molar-refractivity contribution in [3.63, 3.8) is 0 Å². The molecule has 138 heavy (non-hydrogen) atoms. The molecular weight excluding hydrogens is 1910 g/mol. The molecule has 0 spiro atoms. The fourth-order valence-electron chi connectivity index (χ4n) is 15.9. The van der Waals surface area contributed by atoms with E-state index in [1.54, 1.807) is 106 Å². The summed E-state index contributed by atoms with van der Waals surface area (Å²) in [5.41, 5.74) is 4.43. The van der Waals surface area contributed by atoms with Gasteiger partial charge in [0.25, 0.3) is 0 Å². The monoisotopic (exact) mass is 2050 g/mol. The van der Waals surface area contributed by atoms with Crippen molar-refractivity contribution < 1.29 is 120 Å². The van der Waals surface area contributed by atoms with Crippen LogP contribution in [0, 0.1) is 90.6 Å². The molecule has 0 saturated carbocycles. The first-order valence-electron chi connectivity index (χ1n) is 46.4. The molecule has 5 amide bonds. The Labute approximate surface area is 823 Å². The van der Waals surface area contributed by atoms with Crippen LogP contribution in [0.2, 0.25) is 16.6 Å². The molecule has 0 aromatic heterocycles. The van der Waals surface area contributed by atoms with E-state index in [1.807, 2.05) is 68.4 Å². The van der Waals surface area contributed by atoms with E-state index in [-0.39, 0.29) is 93.4 Å². The van der Waals surface area contributed by atoms with Crippen molar-refractivity contribution >= 4 is 89.3 Å². The van der Waals surface area contributed by atoms with Gasteiger partial charge >= 0.3 is 30.5 Å². The number of hydrogen-bond acceptors (Lipinski definition) is 15. The maximum atomic E-state index is 14.0. The first-order valence-corrected chi connectivity index (χ1v) is 49.9. The van der Waals surface area contributed by atoms with Crippen LogP contribution in [0.1, 0.15) is 279 Å². The quantitative estimate of drug-likeness (QED) is 0.0481. The van der Waals surface area contributed by atoms with Gasteiger partial charge in [0, 0.05) is 89.4 Å². The van der Waals surface area contributed by atoms with Crippen LogP contribution in [0.15, 0.2) is 97.1 Å². The van der Waals surface area contributed by atoms with E-state index in [0.717, 1.165) is 113 Å². The number of carbonyl (C=O) groups is 6. The molecule has 0 atom stereocenters. The van der Waals surface area contributed by atoms with Crippen LogP contribution in [0.3, 0.4) is 0 Å². The number of rotatable bonds is 8. The summed E-state index contributed by atoms with van der Waals surface area (Å²) in [6.45, 7) is 50.3. The number of nitrogens with zero attached hydrogens (tertiary/aromatic N) is 5. The molecule has 6 aromatic carbocycles. The summed E-state index contributed by atoms with van der Waals surface area (Å²) in [6.07, 6.45) is 10.8. The zero-order chi connectivity index (χ0) is 104. The fourth-order valence-corrected chi connectivity index (χ4v) is 19.9. The number of benzene rings is 6. The second-order valence-corrected chi connectivity index (χ2v) is 48.1. The van der Waals surface area contributed by atoms with E-state index in [0.29, 0.717) is 139 Å². The number of ketones is 1. The average molecular weight is 2050 g/mol. The van der Waals surface area contributed by atoms with Gasteiger partial charge in [-0.05, 0) is 317 Å². The van der Waals surface area contributed by atoms with Gasteiger partial charge in [0.05, 0.1) is 11.1 Å². The van der Waals surface area contributed by atoms with Gasteiger partial charge in [0.1, 0.15) is 58.3 Å². The Balaban J connectivity index is 0.000000334. The predicted molar refractivity (Wildman–Crippen MR) is 527 cm³/mol. The van der Waals surface area contributed by atoms with Crippen LogP contribution in [-0.4, -0.2) is 177 Å². The van der Waals surface area contributed by atoms with Gasteiger partial charge in [-0.1, -0.05) is 78.0 Å². The Kier molecular flexibility index (Phi) is 46.4. The van der Waals surface area contributed by atoms with Crippen molar-refractivity contribution in [1.29, 1.82) is 0 Å². The number of amides is 5. The number of allylic oxidation sites excluding steroid dienone is 2. The number of hydrogen-bond donors (Lipinski definition) is 4. The Morgan fingerprint density at radius 3 is 0.978 bits per heavy atom. The Bertz CT molecular complexity index is 4960. The van der Waals surface area contributed by atoms with Gasteiger partial charge < -0.3 is 63.5 Å². The first-order chi connectivity index (χ1) is 63.4. The van der Waals surface area contributed by atoms with Gasteiger partial charge in [-0.15, -0.1) is 17.0 Å². The molecule has 5 heterocycles. The average Bonchev–Trinajstić information content (AvgIpc) is 0.812. The molecular formula is C104H142BrF12N5O14SSi. The van der Waals surface area contributed by atoms with Crippen molar-refractivity contribution in [3.05, 3.63) is 211 Å². The van der Waals surface area contributed by atoms with Gasteiger partial charge in [-0.2, -0.15) is 0 Å². The largest absolute Gasteiger partial charge is 0.508 e. The number of aryl methyl sites for hydroxylation is 3. The predicted octanol–water partition coefficient (Wildman–Crippen LogP) is 28.3. The molecule has 3 N–H and O–H groups in total. The highest BCUT2D eigenvalue weighted by atomic mass is 79.9. The fraction of sp³-hybridized carbons (Fsp3) is 0.538. The third-order valence-electron chi connectivity index (χ3n) is 22.8. The number of piperidine rings is 3. The number of likely N-dealkylation sites (tertiary alicyclic amines) is 3. The summed E-state index contributed by atoms with van der Waals surface area (Å²) in [7, 11) is -1.29. The van der Waals surface area contributed by atoms with E-state index in [1.165, 1.54) is 17.0 Å². The highest BCUT2D eigenvalue weighted by Crippen LogP contribution is 2.45. The summed E-state index contributed by atoms with van der Waals surface area (Å²) in [6, 6.07) is 15.5. The third-order valence-corrected chi connectivity index (χ3v) is 33.0. The standard InChI is InChI=1S/C17H23F2NO2.C17H21F2NO2.C16H21F2NO3.C16H19F2NO3.C12H12F2O.C10H17NO3.C9H22SSi.C7H6F2.BrH/c2*1-11-5-6-13(18)15(19)14(11)12-7-9-20(10-8-12)16(21)22-17(2,3)4;2*1-16(2,3)22-15(21)19-8-6-10(7-9-19)13-12(20)5-4-11(17)14(13)18;13-9-6-7-10(15)11(12(9)14)8-4-2-1-3-5-8;1-10(2,3)14-9(13)11-6-4-8(12)5-7-11;1-7(2)11(10,8(3)4)9(5)6;1-5-2-3-6(8)7(9)4-5;/h5-6,12H,7-10H2,1-4H3;5-7H,8-10H2,1-4H3;4-5,10,20H,6-9H2,1-3H3;4-6,20H,7-9H2,1-3H3;4,6-7,15H,1-3,5H2;4-7H2,1-3H3;7-10H,1-6H3;2-4H,1H3;1H. The smallest absolute Gasteiger partial charge is 0.410 e. The van der Waals surface area contributed by atoms with E-state index in [4.69, 9.17) is 35.8 Å². The van der Waals surface area contributed by atoms with Crippen LogP contribution >= 0.6 is 29.1 Å². The van der Waals surface area contributed by atoms with Gasteiger partial charge in [0.15, 0.2) is 69.8 Å². The molecule has 34 heteroatoms. The zero-order valence-corrected chi connectivity index (χ0v) is 87.7. The topological polar surface area (TPSA) is 225 Å². The number of phenols is 3. The van der Waals surface area contributed by atoms with Crippen LogP contribution < -0.4 is 0 Å². The highest BCUT2D eigenvalue weighted by Gasteiger charge is 2.40. The van der Waals surface area contributed by atoms with E-state index in [9.17, 15) is 96.8 Å². The minimum atomic E-state index is -1.29. The molecule has 3 saturated heterocycles. The van der Waals surface area contributed by atoms with Crippen molar-refractivity contribution in [2.75, 3.05) is 65.4 Å². The van der Waals surface area contributed by atoms with E-state index >= 15 is 0 Å². The Morgan fingerprint density at radius 2 is 0.652 bits per heavy atom. The maximum Gasteiger partial charge on any atom is 0.410 e. The number of phenolic OH excluding ortho intramolecular Hbond substituents is 3. The molecule has 1 aliphatic carbocycles. The third kappa shape index (κ3) is 37.6. The Hall–Kier alpha value is -9.83. The second kappa shape index (κ2) is 53.1. The molecule has 19 nitrogen and oxygen atoms in total. The second-order valence-electron chi connectivity index (χ2n) is 40.5. The molecule has 0 unspecified atom stereocenters. The summed E-state index contributed by atoms with van der Waals surface area (Å²) in [5, 5.41) is 29.0. The lowest BCUT2D eigenvalue weighted by atomic mass is 9.86. The molecule has 6 aliphatic rings. The molecule has 0 bridgehead atoms. The number of ether oxygens (including phenoxy) is 5. The highest BCUT2D eigenvalue weighted by molar-refractivity contribution is 8.93. The minimum absolute atomic E-state index is 0. The lowest BCUT2D eigenvalue weighted by molar-refractivity contribution is -0.121. The number of thiol groups is 1. The lowest BCUT2D eigenvalue weighted by Crippen LogP contribution is -2.41. The number of halogens is 13. The van der Waals surface area contributed by atoms with Gasteiger partial charge in [0.2, 0.25) is 0 Å². The minimum Gasteiger partial charge on any atom is -0.508 e. The van der Waals surface area contributed by atoms with E-state index in [2.05, 4.69) is 41.5 Å². The van der Waals surface area contributed by atoms with Crippen LogP contribution in [-0.2, 0) is 28.5 Å². The molecule has 6 aromatic rings. The van der Waals surface area contributed by atoms with Crippen molar-refractivity contribution in [1.82, 2.24) is 24.5 Å². The van der Waals surface area contributed by atoms with Crippen molar-refractivity contribution in [2.24, 2.45) is 0 Å². The number of Topliss-reactive ketones (excluding diaryl/α,β-unsaturated/α-hetero) is 1. The lowest BCUT2D eigenvalue weighted by Gasteiger charge is -2.38.